The summed E-state index contributed by atoms with van der Waals surface area (Å²) >= 11 is 0. The highest BCUT2D eigenvalue weighted by Gasteiger charge is 2.23. The summed E-state index contributed by atoms with van der Waals surface area (Å²) in [5.74, 6) is -0.907. The van der Waals surface area contributed by atoms with E-state index in [2.05, 4.69) is 5.32 Å². The molecule has 0 bridgehead atoms. The van der Waals surface area contributed by atoms with Crippen molar-refractivity contribution >= 4 is 23.9 Å². The second-order valence-electron chi connectivity index (χ2n) is 10.9. The molecule has 2 atom stereocenters. The van der Waals surface area contributed by atoms with Crippen molar-refractivity contribution in [2.75, 3.05) is 13.7 Å². The molecule has 2 aromatic carbocycles. The molecular formula is C32H43NO8. The number of hydrogen-bond donors (Lipinski definition) is 1. The second kappa shape index (κ2) is 17.2. The van der Waals surface area contributed by atoms with Crippen LogP contribution in [0.4, 0.5) is 0 Å². The van der Waals surface area contributed by atoms with Crippen LogP contribution in [0.25, 0.3) is 0 Å². The predicted molar refractivity (Wildman–Crippen MR) is 155 cm³/mol. The minimum absolute atomic E-state index is 0.114. The molecule has 2 rings (SSSR count). The Labute approximate surface area is 242 Å². The van der Waals surface area contributed by atoms with E-state index in [9.17, 15) is 19.2 Å². The van der Waals surface area contributed by atoms with Crippen LogP contribution in [0.1, 0.15) is 76.2 Å². The average Bonchev–Trinajstić information content (AvgIpc) is 2.94. The lowest BCUT2D eigenvalue weighted by atomic mass is 10.0. The van der Waals surface area contributed by atoms with Gasteiger partial charge in [0.2, 0.25) is 0 Å². The number of esters is 4. The second-order valence-corrected chi connectivity index (χ2v) is 10.9. The van der Waals surface area contributed by atoms with Crippen molar-refractivity contribution in [2.45, 2.75) is 78.9 Å². The third-order valence-electron chi connectivity index (χ3n) is 6.20. The molecule has 0 fully saturated rings. The van der Waals surface area contributed by atoms with Crippen LogP contribution in [0, 0.1) is 11.8 Å². The van der Waals surface area contributed by atoms with Crippen molar-refractivity contribution in [3.63, 3.8) is 0 Å². The Bertz CT molecular complexity index is 1150. The third-order valence-corrected chi connectivity index (χ3v) is 6.20. The van der Waals surface area contributed by atoms with Gasteiger partial charge in [0, 0.05) is 19.4 Å². The maximum Gasteiger partial charge on any atom is 0.338 e. The Morgan fingerprint density at radius 2 is 1.37 bits per heavy atom. The summed E-state index contributed by atoms with van der Waals surface area (Å²) in [6, 6.07) is 12.7. The van der Waals surface area contributed by atoms with E-state index in [0.29, 0.717) is 35.8 Å². The van der Waals surface area contributed by atoms with Crippen molar-refractivity contribution in [3.05, 3.63) is 59.7 Å². The summed E-state index contributed by atoms with van der Waals surface area (Å²) in [6.07, 6.45) is 1.44. The predicted octanol–water partition coefficient (Wildman–Crippen LogP) is 5.29. The van der Waals surface area contributed by atoms with Crippen LogP contribution in [-0.2, 0) is 30.3 Å². The standard InChI is InChI=1S/C32H43NO8/c1-21(2)12-16-29(34)40-27-15-14-24(19-28(27)41-30(35)17-13-22(3)4)18-26(32(37)38-6)33-20-23(5)39-31(36)25-10-8-7-9-11-25/h7-11,14-15,19,21-23,26,33H,12-13,16-18,20H2,1-6H3/t23?,26-/m0/s1. The van der Waals surface area contributed by atoms with E-state index in [0.717, 1.165) is 0 Å². The summed E-state index contributed by atoms with van der Waals surface area (Å²) in [6.45, 7) is 9.98. The lowest BCUT2D eigenvalue weighted by molar-refractivity contribution is -0.143. The zero-order valence-electron chi connectivity index (χ0n) is 24.9. The lowest BCUT2D eigenvalue weighted by Gasteiger charge is -2.20. The van der Waals surface area contributed by atoms with Crippen molar-refractivity contribution in [2.24, 2.45) is 11.8 Å². The summed E-state index contributed by atoms with van der Waals surface area (Å²) in [5, 5.41) is 3.10. The highest BCUT2D eigenvalue weighted by atomic mass is 16.6. The average molecular weight is 570 g/mol. The molecule has 0 spiro atoms. The van der Waals surface area contributed by atoms with Crippen molar-refractivity contribution in [3.8, 4) is 11.5 Å². The van der Waals surface area contributed by atoms with Crippen LogP contribution < -0.4 is 14.8 Å². The first-order valence-electron chi connectivity index (χ1n) is 14.1. The summed E-state index contributed by atoms with van der Waals surface area (Å²) < 4.78 is 21.6. The van der Waals surface area contributed by atoms with Gasteiger partial charge < -0.3 is 24.3 Å². The van der Waals surface area contributed by atoms with Crippen LogP contribution in [0.2, 0.25) is 0 Å². The first-order valence-corrected chi connectivity index (χ1v) is 14.1. The van der Waals surface area contributed by atoms with E-state index >= 15 is 0 Å². The normalized spacial score (nSPS) is 12.5. The maximum absolute atomic E-state index is 12.6. The fraction of sp³-hybridized carbons (Fsp3) is 0.500. The van der Waals surface area contributed by atoms with E-state index in [1.165, 1.54) is 7.11 Å². The number of nitrogens with one attached hydrogen (secondary N) is 1. The molecule has 9 heteroatoms. The van der Waals surface area contributed by atoms with Gasteiger partial charge in [0.15, 0.2) is 11.5 Å². The molecule has 1 unspecified atom stereocenters. The van der Waals surface area contributed by atoms with E-state index in [1.54, 1.807) is 49.4 Å². The van der Waals surface area contributed by atoms with Gasteiger partial charge in [-0.2, -0.15) is 0 Å². The van der Waals surface area contributed by atoms with Gasteiger partial charge in [-0.1, -0.05) is 52.0 Å². The summed E-state index contributed by atoms with van der Waals surface area (Å²) in [5.41, 5.74) is 1.08. The quantitative estimate of drug-likeness (QED) is 0.213. The molecule has 0 radical (unpaired) electrons. The van der Waals surface area contributed by atoms with E-state index < -0.39 is 36.0 Å². The molecule has 2 aromatic rings. The van der Waals surface area contributed by atoms with Gasteiger partial charge in [0.1, 0.15) is 12.1 Å². The molecule has 0 aliphatic carbocycles. The third kappa shape index (κ3) is 12.6. The maximum atomic E-state index is 12.6. The molecule has 0 amide bonds. The number of ether oxygens (including phenoxy) is 4. The fourth-order valence-electron chi connectivity index (χ4n) is 3.80. The van der Waals surface area contributed by atoms with Crippen molar-refractivity contribution < 1.29 is 38.1 Å². The van der Waals surface area contributed by atoms with Gasteiger partial charge in [-0.3, -0.25) is 14.4 Å². The van der Waals surface area contributed by atoms with Crippen molar-refractivity contribution in [1.82, 2.24) is 5.32 Å². The molecular weight excluding hydrogens is 526 g/mol. The Morgan fingerprint density at radius 3 is 1.93 bits per heavy atom. The zero-order valence-corrected chi connectivity index (χ0v) is 24.9. The molecule has 0 aliphatic heterocycles. The van der Waals surface area contributed by atoms with E-state index in [1.807, 2.05) is 33.8 Å². The van der Waals surface area contributed by atoms with Crippen LogP contribution in [0.15, 0.2) is 48.5 Å². The largest absolute Gasteiger partial charge is 0.468 e. The van der Waals surface area contributed by atoms with Crippen LogP contribution >= 0.6 is 0 Å². The SMILES string of the molecule is COC(=O)[C@H](Cc1ccc(OC(=O)CCC(C)C)c(OC(=O)CCC(C)C)c1)NCC(C)OC(=O)c1ccccc1. The highest BCUT2D eigenvalue weighted by Crippen LogP contribution is 2.30. The Morgan fingerprint density at radius 1 is 0.780 bits per heavy atom. The topological polar surface area (TPSA) is 117 Å². The van der Waals surface area contributed by atoms with E-state index in [4.69, 9.17) is 18.9 Å². The number of carbonyl (C=O) groups excluding carboxylic acids is 4. The smallest absolute Gasteiger partial charge is 0.338 e. The molecule has 224 valence electrons. The van der Waals surface area contributed by atoms with Crippen molar-refractivity contribution in [1.29, 1.82) is 0 Å². The van der Waals surface area contributed by atoms with Crippen LogP contribution in [-0.4, -0.2) is 49.7 Å². The molecule has 9 nitrogen and oxygen atoms in total. The minimum Gasteiger partial charge on any atom is -0.468 e. The minimum atomic E-state index is -0.776. The first kappa shape index (κ1) is 33.5. The zero-order chi connectivity index (χ0) is 30.4. The number of carbonyl (C=O) groups is 4. The van der Waals surface area contributed by atoms with Gasteiger partial charge in [0.25, 0.3) is 0 Å². The molecule has 0 aromatic heterocycles. The lowest BCUT2D eigenvalue weighted by Crippen LogP contribution is -2.43. The summed E-state index contributed by atoms with van der Waals surface area (Å²) in [4.78, 5) is 49.9. The molecule has 0 saturated carbocycles. The highest BCUT2D eigenvalue weighted by molar-refractivity contribution is 5.89. The van der Waals surface area contributed by atoms with E-state index in [-0.39, 0.29) is 37.3 Å². The Hall–Kier alpha value is -3.72. The molecule has 41 heavy (non-hydrogen) atoms. The number of hydrogen-bond acceptors (Lipinski definition) is 9. The number of benzene rings is 2. The van der Waals surface area contributed by atoms with Gasteiger partial charge in [-0.25, -0.2) is 4.79 Å². The molecule has 1 N–H and O–H groups in total. The molecule has 0 saturated heterocycles. The Balaban J connectivity index is 2.15. The number of methoxy groups -OCH3 is 1. The van der Waals surface area contributed by atoms with Crippen LogP contribution in [0.3, 0.4) is 0 Å². The van der Waals surface area contributed by atoms with Gasteiger partial charge in [0.05, 0.1) is 12.7 Å². The number of rotatable bonds is 16. The van der Waals surface area contributed by atoms with Gasteiger partial charge >= 0.3 is 23.9 Å². The summed E-state index contributed by atoms with van der Waals surface area (Å²) in [7, 11) is 1.29. The molecule has 0 aliphatic rings. The fourth-order valence-corrected chi connectivity index (χ4v) is 3.80. The van der Waals surface area contributed by atoms with Gasteiger partial charge in [-0.15, -0.1) is 0 Å². The molecule has 0 heterocycles. The van der Waals surface area contributed by atoms with Crippen LogP contribution in [0.5, 0.6) is 11.5 Å². The monoisotopic (exact) mass is 569 g/mol. The first-order chi connectivity index (χ1) is 19.5. The Kier molecular flexibility index (Phi) is 14.0. The van der Waals surface area contributed by atoms with Gasteiger partial charge in [-0.05, 0) is 67.9 Å².